The number of rotatable bonds is 6. The topological polar surface area (TPSA) is 72.2 Å². The third-order valence-electron chi connectivity index (χ3n) is 2.07. The van der Waals surface area contributed by atoms with Crippen molar-refractivity contribution >= 4 is 16.7 Å². The van der Waals surface area contributed by atoms with Gasteiger partial charge in [-0.25, -0.2) is 0 Å². The second-order valence-electron chi connectivity index (χ2n) is 3.99. The van der Waals surface area contributed by atoms with Crippen LogP contribution in [0.25, 0.3) is 0 Å². The summed E-state index contributed by atoms with van der Waals surface area (Å²) in [5, 5.41) is 2.73. The van der Waals surface area contributed by atoms with Crippen LogP contribution in [0.3, 0.4) is 0 Å². The summed E-state index contributed by atoms with van der Waals surface area (Å²) in [5.74, 6) is 0.181. The number of nitrogens with one attached hydrogen (secondary N) is 1. The van der Waals surface area contributed by atoms with Crippen LogP contribution >= 0.6 is 0 Å². The van der Waals surface area contributed by atoms with E-state index in [1.165, 1.54) is 0 Å². The highest BCUT2D eigenvalue weighted by Gasteiger charge is 2.09. The fraction of sp³-hybridized carbons (Fsp3) is 0.417. The van der Waals surface area contributed by atoms with Crippen molar-refractivity contribution < 1.29 is 9.00 Å². The van der Waals surface area contributed by atoms with Crippen molar-refractivity contribution in [3.8, 4) is 0 Å². The van der Waals surface area contributed by atoms with Gasteiger partial charge in [-0.2, -0.15) is 0 Å². The summed E-state index contributed by atoms with van der Waals surface area (Å²) in [6.45, 7) is 2.24. The minimum Gasteiger partial charge on any atom is -0.351 e. The molecule has 94 valence electrons. The lowest BCUT2D eigenvalue weighted by molar-refractivity contribution is -0.118. The Balaban J connectivity index is 2.28. The van der Waals surface area contributed by atoms with Crippen molar-refractivity contribution in [3.05, 3.63) is 35.9 Å². The van der Waals surface area contributed by atoms with E-state index in [1.54, 1.807) is 6.92 Å². The predicted molar refractivity (Wildman–Crippen MR) is 69.8 cm³/mol. The Bertz CT molecular complexity index is 379. The van der Waals surface area contributed by atoms with Crippen molar-refractivity contribution in [1.82, 2.24) is 5.32 Å². The summed E-state index contributed by atoms with van der Waals surface area (Å²) >= 11 is 0. The first-order chi connectivity index (χ1) is 8.08. The Labute approximate surface area is 104 Å². The highest BCUT2D eigenvalue weighted by Crippen LogP contribution is 1.97. The van der Waals surface area contributed by atoms with Crippen LogP contribution in [-0.2, 0) is 22.1 Å². The maximum Gasteiger partial charge on any atom is 0.232 e. The quantitative estimate of drug-likeness (QED) is 0.772. The summed E-state index contributed by atoms with van der Waals surface area (Å²) in [5.41, 5.74) is 6.54. The molecule has 3 N–H and O–H groups in total. The molecule has 0 heterocycles. The lowest BCUT2D eigenvalue weighted by Crippen LogP contribution is -2.31. The summed E-state index contributed by atoms with van der Waals surface area (Å²) in [6.07, 6.45) is 0. The van der Waals surface area contributed by atoms with Gasteiger partial charge in [0.15, 0.2) is 0 Å². The standard InChI is InChI=1S/C12H18N2O2S/c1-10(13)8-17(16)9-12(15)14-7-11-5-3-2-4-6-11/h2-6,10H,7-9,13H2,1H3,(H,14,15). The van der Waals surface area contributed by atoms with Crippen LogP contribution in [0.2, 0.25) is 0 Å². The van der Waals surface area contributed by atoms with Gasteiger partial charge in [0, 0.05) is 29.1 Å². The van der Waals surface area contributed by atoms with Gasteiger partial charge in [-0.05, 0) is 12.5 Å². The second kappa shape index (κ2) is 7.19. The molecule has 0 aliphatic carbocycles. The van der Waals surface area contributed by atoms with E-state index in [0.717, 1.165) is 5.56 Å². The van der Waals surface area contributed by atoms with Gasteiger partial charge in [-0.15, -0.1) is 0 Å². The molecule has 0 saturated carbocycles. The van der Waals surface area contributed by atoms with Crippen LogP contribution in [0.1, 0.15) is 12.5 Å². The van der Waals surface area contributed by atoms with Crippen LogP contribution in [0.4, 0.5) is 0 Å². The van der Waals surface area contributed by atoms with Crippen LogP contribution < -0.4 is 11.1 Å². The number of hydrogen-bond acceptors (Lipinski definition) is 3. The largest absolute Gasteiger partial charge is 0.351 e. The molecule has 5 heteroatoms. The Kier molecular flexibility index (Phi) is 5.86. The SMILES string of the molecule is CC(N)CS(=O)CC(=O)NCc1ccccc1. The van der Waals surface area contributed by atoms with E-state index < -0.39 is 10.8 Å². The molecule has 2 atom stereocenters. The molecule has 0 bridgehead atoms. The molecule has 0 saturated heterocycles. The van der Waals surface area contributed by atoms with Crippen molar-refractivity contribution in [2.24, 2.45) is 5.73 Å². The lowest BCUT2D eigenvalue weighted by Gasteiger charge is -2.06. The summed E-state index contributed by atoms with van der Waals surface area (Å²) < 4.78 is 11.4. The number of nitrogens with two attached hydrogens (primary N) is 1. The van der Waals surface area contributed by atoms with E-state index in [-0.39, 0.29) is 17.7 Å². The molecule has 2 unspecified atom stereocenters. The van der Waals surface area contributed by atoms with Crippen molar-refractivity contribution in [2.75, 3.05) is 11.5 Å². The number of carbonyl (C=O) groups is 1. The molecule has 4 nitrogen and oxygen atoms in total. The first-order valence-corrected chi connectivity index (χ1v) is 6.98. The average Bonchev–Trinajstić information content (AvgIpc) is 2.26. The van der Waals surface area contributed by atoms with E-state index in [4.69, 9.17) is 5.73 Å². The zero-order chi connectivity index (χ0) is 12.7. The van der Waals surface area contributed by atoms with Crippen LogP contribution in [0.15, 0.2) is 30.3 Å². The first-order valence-electron chi connectivity index (χ1n) is 5.49. The third kappa shape index (κ3) is 6.19. The molecular weight excluding hydrogens is 236 g/mol. The highest BCUT2D eigenvalue weighted by atomic mass is 32.2. The fourth-order valence-corrected chi connectivity index (χ4v) is 2.44. The zero-order valence-corrected chi connectivity index (χ0v) is 10.7. The molecule has 17 heavy (non-hydrogen) atoms. The molecule has 1 amide bonds. The van der Waals surface area contributed by atoms with E-state index in [9.17, 15) is 9.00 Å². The fourth-order valence-electron chi connectivity index (χ4n) is 1.35. The molecule has 0 aromatic heterocycles. The Morgan fingerprint density at radius 1 is 1.41 bits per heavy atom. The lowest BCUT2D eigenvalue weighted by atomic mass is 10.2. The molecule has 0 fully saturated rings. The maximum absolute atomic E-state index is 11.5. The highest BCUT2D eigenvalue weighted by molar-refractivity contribution is 7.85. The summed E-state index contributed by atoms with van der Waals surface area (Å²) in [7, 11) is -1.18. The van der Waals surface area contributed by atoms with Crippen molar-refractivity contribution in [3.63, 3.8) is 0 Å². The van der Waals surface area contributed by atoms with E-state index in [2.05, 4.69) is 5.32 Å². The predicted octanol–water partition coefficient (Wildman–Crippen LogP) is 0.399. The van der Waals surface area contributed by atoms with E-state index in [0.29, 0.717) is 12.3 Å². The van der Waals surface area contributed by atoms with Crippen LogP contribution in [0, 0.1) is 0 Å². The van der Waals surface area contributed by atoms with Gasteiger partial charge < -0.3 is 11.1 Å². The van der Waals surface area contributed by atoms with Gasteiger partial charge in [0.25, 0.3) is 0 Å². The van der Waals surface area contributed by atoms with Gasteiger partial charge in [-0.3, -0.25) is 9.00 Å². The number of amides is 1. The number of carbonyl (C=O) groups excluding carboxylic acids is 1. The first kappa shape index (κ1) is 13.9. The van der Waals surface area contributed by atoms with E-state index >= 15 is 0 Å². The normalized spacial score (nSPS) is 14.0. The molecular formula is C12H18N2O2S. The molecule has 0 aliphatic heterocycles. The van der Waals surface area contributed by atoms with Crippen molar-refractivity contribution in [1.29, 1.82) is 0 Å². The number of benzene rings is 1. The van der Waals surface area contributed by atoms with Gasteiger partial charge in [0.05, 0.1) is 0 Å². The smallest absolute Gasteiger partial charge is 0.232 e. The van der Waals surface area contributed by atoms with Gasteiger partial charge in [0.1, 0.15) is 5.75 Å². The zero-order valence-electron chi connectivity index (χ0n) is 9.89. The van der Waals surface area contributed by atoms with Gasteiger partial charge in [0.2, 0.25) is 5.91 Å². The molecule has 0 spiro atoms. The molecule has 0 radical (unpaired) electrons. The number of hydrogen-bond donors (Lipinski definition) is 2. The van der Waals surface area contributed by atoms with Gasteiger partial charge in [-0.1, -0.05) is 30.3 Å². The minimum absolute atomic E-state index is 0.0222. The molecule has 0 aliphatic rings. The maximum atomic E-state index is 11.5. The Hall–Kier alpha value is -1.20. The monoisotopic (exact) mass is 254 g/mol. The third-order valence-corrected chi connectivity index (χ3v) is 3.56. The van der Waals surface area contributed by atoms with Crippen LogP contribution in [0.5, 0.6) is 0 Å². The van der Waals surface area contributed by atoms with Crippen molar-refractivity contribution in [2.45, 2.75) is 19.5 Å². The minimum atomic E-state index is -1.18. The molecule has 1 aromatic rings. The summed E-state index contributed by atoms with van der Waals surface area (Å²) in [6, 6.07) is 9.46. The van der Waals surface area contributed by atoms with Gasteiger partial charge >= 0.3 is 0 Å². The Morgan fingerprint density at radius 3 is 2.65 bits per heavy atom. The summed E-state index contributed by atoms with van der Waals surface area (Å²) in [4.78, 5) is 11.5. The molecule has 1 rings (SSSR count). The molecule has 1 aromatic carbocycles. The Morgan fingerprint density at radius 2 is 2.06 bits per heavy atom. The second-order valence-corrected chi connectivity index (χ2v) is 5.49. The van der Waals surface area contributed by atoms with Crippen LogP contribution in [-0.4, -0.2) is 27.7 Å². The van der Waals surface area contributed by atoms with E-state index in [1.807, 2.05) is 30.3 Å². The average molecular weight is 254 g/mol.